The van der Waals surface area contributed by atoms with E-state index in [0.29, 0.717) is 5.39 Å². The highest BCUT2D eigenvalue weighted by molar-refractivity contribution is 7.92. The summed E-state index contributed by atoms with van der Waals surface area (Å²) in [6, 6.07) is 18.3. The van der Waals surface area contributed by atoms with E-state index in [1.807, 2.05) is 69.4 Å². The van der Waals surface area contributed by atoms with E-state index in [-0.39, 0.29) is 22.7 Å². The summed E-state index contributed by atoms with van der Waals surface area (Å²) in [4.78, 5) is 34.1. The van der Waals surface area contributed by atoms with Crippen molar-refractivity contribution in [2.45, 2.75) is 32.7 Å². The van der Waals surface area contributed by atoms with Crippen LogP contribution in [0.25, 0.3) is 21.9 Å². The van der Waals surface area contributed by atoms with Crippen LogP contribution in [0.5, 0.6) is 5.75 Å². The lowest BCUT2D eigenvalue weighted by atomic mass is 9.86. The van der Waals surface area contributed by atoms with E-state index in [4.69, 9.17) is 14.5 Å². The molecule has 1 saturated heterocycles. The van der Waals surface area contributed by atoms with Gasteiger partial charge in [-0.25, -0.2) is 8.42 Å². The molecule has 3 aromatic carbocycles. The number of fused-ring (bicyclic) bond motifs is 1. The van der Waals surface area contributed by atoms with Gasteiger partial charge in [0.2, 0.25) is 10.0 Å². The Morgan fingerprint density at radius 3 is 2.29 bits per heavy atom. The Morgan fingerprint density at radius 1 is 0.978 bits per heavy atom. The van der Waals surface area contributed by atoms with Crippen LogP contribution in [0.3, 0.4) is 0 Å². The van der Waals surface area contributed by atoms with Crippen molar-refractivity contribution in [2.75, 3.05) is 49.7 Å². The molecular weight excluding hydrogens is 592 g/mol. The predicted molar refractivity (Wildman–Crippen MR) is 176 cm³/mol. The van der Waals surface area contributed by atoms with Crippen molar-refractivity contribution in [3.05, 3.63) is 83.7 Å². The predicted octanol–water partition coefficient (Wildman–Crippen LogP) is 5.23. The maximum atomic E-state index is 13.6. The number of hydrogen-bond acceptors (Lipinski definition) is 8. The minimum Gasteiger partial charge on any atom is -0.492 e. The molecule has 0 atom stereocenters. The monoisotopic (exact) mass is 630 g/mol. The number of nitrogens with one attached hydrogen (secondary N) is 2. The zero-order valence-corrected chi connectivity index (χ0v) is 27.0. The normalized spacial score (nSPS) is 14.2. The van der Waals surface area contributed by atoms with Gasteiger partial charge in [0.15, 0.2) is 5.75 Å². The smallest absolute Gasteiger partial charge is 0.296 e. The van der Waals surface area contributed by atoms with E-state index in [1.54, 1.807) is 18.2 Å². The van der Waals surface area contributed by atoms with E-state index in [1.165, 1.54) is 7.11 Å². The molecule has 1 aromatic heterocycles. The van der Waals surface area contributed by atoms with Gasteiger partial charge in [-0.2, -0.15) is 0 Å². The number of ketones is 1. The molecule has 1 aliphatic rings. The van der Waals surface area contributed by atoms with Crippen LogP contribution in [-0.4, -0.2) is 69.7 Å². The number of ether oxygens (including phenoxy) is 2. The van der Waals surface area contributed by atoms with E-state index in [0.717, 1.165) is 66.9 Å². The quantitative estimate of drug-likeness (QED) is 0.190. The van der Waals surface area contributed by atoms with Crippen molar-refractivity contribution in [3.8, 4) is 16.9 Å². The lowest BCUT2D eigenvalue weighted by Gasteiger charge is -2.26. The zero-order valence-electron chi connectivity index (χ0n) is 26.1. The summed E-state index contributed by atoms with van der Waals surface area (Å²) in [5.41, 5.74) is 3.67. The summed E-state index contributed by atoms with van der Waals surface area (Å²) in [5, 5.41) is 4.12. The molecule has 4 aromatic rings. The van der Waals surface area contributed by atoms with Crippen molar-refractivity contribution in [1.82, 2.24) is 9.88 Å². The average Bonchev–Trinajstić information content (AvgIpc) is 3.00. The van der Waals surface area contributed by atoms with Gasteiger partial charge in [-0.3, -0.25) is 24.2 Å². The number of methoxy groups -OCH3 is 1. The second-order valence-electron chi connectivity index (χ2n) is 12.1. The van der Waals surface area contributed by atoms with Crippen LogP contribution in [0, 0.1) is 0 Å². The minimum atomic E-state index is -3.66. The number of aromatic nitrogens is 1. The molecule has 11 heteroatoms. The molecule has 45 heavy (non-hydrogen) atoms. The summed E-state index contributed by atoms with van der Waals surface area (Å²) < 4.78 is 37.6. The fourth-order valence-corrected chi connectivity index (χ4v) is 5.92. The first-order chi connectivity index (χ1) is 21.3. The van der Waals surface area contributed by atoms with Crippen molar-refractivity contribution < 1.29 is 27.5 Å². The zero-order chi connectivity index (χ0) is 32.4. The number of carbonyl (C=O) groups excluding carboxylic acids is 2. The summed E-state index contributed by atoms with van der Waals surface area (Å²) in [5.74, 6) is -1.52. The fraction of sp³-hybridized carbons (Fsp3) is 0.324. The minimum absolute atomic E-state index is 0.0966. The first-order valence-electron chi connectivity index (χ1n) is 14.7. The fourth-order valence-electron chi connectivity index (χ4n) is 5.37. The number of sulfonamides is 1. The third-order valence-electron chi connectivity index (χ3n) is 7.70. The van der Waals surface area contributed by atoms with Gasteiger partial charge in [0, 0.05) is 37.0 Å². The highest BCUT2D eigenvalue weighted by Crippen LogP contribution is 2.39. The van der Waals surface area contributed by atoms with Crippen molar-refractivity contribution in [3.63, 3.8) is 0 Å². The lowest BCUT2D eigenvalue weighted by molar-refractivity contribution is -0.112. The van der Waals surface area contributed by atoms with Gasteiger partial charge >= 0.3 is 0 Å². The number of hydrogen-bond donors (Lipinski definition) is 2. The molecule has 0 unspecified atom stereocenters. The molecule has 0 radical (unpaired) electrons. The average molecular weight is 631 g/mol. The first kappa shape index (κ1) is 32.1. The Hall–Kier alpha value is -4.32. The second kappa shape index (κ2) is 13.0. The molecule has 1 aliphatic heterocycles. The van der Waals surface area contributed by atoms with Gasteiger partial charge in [0.1, 0.15) is 0 Å². The highest BCUT2D eigenvalue weighted by Gasteiger charge is 2.25. The van der Waals surface area contributed by atoms with Gasteiger partial charge in [-0.15, -0.1) is 0 Å². The van der Waals surface area contributed by atoms with E-state index in [9.17, 15) is 18.0 Å². The Labute approximate surface area is 263 Å². The Morgan fingerprint density at radius 2 is 1.67 bits per heavy atom. The van der Waals surface area contributed by atoms with Crippen molar-refractivity contribution in [1.29, 1.82) is 0 Å². The van der Waals surface area contributed by atoms with Crippen molar-refractivity contribution >= 4 is 43.9 Å². The number of anilines is 2. The molecular formula is C34H38N4O6S. The maximum absolute atomic E-state index is 13.6. The molecule has 0 aliphatic carbocycles. The molecule has 0 spiro atoms. The molecule has 0 bridgehead atoms. The molecule has 1 fully saturated rings. The van der Waals surface area contributed by atoms with Crippen LogP contribution in [0.4, 0.5) is 11.4 Å². The van der Waals surface area contributed by atoms with Crippen LogP contribution >= 0.6 is 0 Å². The van der Waals surface area contributed by atoms with Crippen LogP contribution in [0.2, 0.25) is 0 Å². The molecule has 2 N–H and O–H groups in total. The van der Waals surface area contributed by atoms with Crippen LogP contribution in [0.15, 0.2) is 66.9 Å². The third kappa shape index (κ3) is 7.50. The molecule has 1 amide bonds. The molecule has 2 heterocycles. The van der Waals surface area contributed by atoms with Gasteiger partial charge in [0.25, 0.3) is 11.7 Å². The van der Waals surface area contributed by atoms with E-state index >= 15 is 0 Å². The molecule has 236 valence electrons. The summed E-state index contributed by atoms with van der Waals surface area (Å²) >= 11 is 0. The number of carbonyl (C=O) groups is 2. The molecule has 0 saturated carbocycles. The molecule has 10 nitrogen and oxygen atoms in total. The largest absolute Gasteiger partial charge is 0.492 e. The standard InChI is InChI=1S/C34H38N4O6S/c1-34(2,3)23-18-29(32(43-4)30(19-23)37-45(5,41)42)36-33(40)31(39)28-13-12-25(26-8-6-7-9-27(26)28)22-10-11-24(35-20-22)21-38-14-16-44-17-15-38/h6-13,18-20,37H,14-17,21H2,1-5H3,(H,36,40). The van der Waals surface area contributed by atoms with Gasteiger partial charge in [-0.05, 0) is 51.6 Å². The number of morpholine rings is 1. The number of Topliss-reactive ketones (excluding diaryl/α,β-unsaturated/α-hetero) is 1. The van der Waals surface area contributed by atoms with E-state index < -0.39 is 27.1 Å². The van der Waals surface area contributed by atoms with Gasteiger partial charge in [0.05, 0.1) is 43.6 Å². The number of rotatable bonds is 9. The summed E-state index contributed by atoms with van der Waals surface area (Å²) in [6.07, 6.45) is 2.87. The Balaban J connectivity index is 1.45. The van der Waals surface area contributed by atoms with Gasteiger partial charge in [-0.1, -0.05) is 57.2 Å². The molecule has 5 rings (SSSR count). The third-order valence-corrected chi connectivity index (χ3v) is 8.29. The highest BCUT2D eigenvalue weighted by atomic mass is 32.2. The van der Waals surface area contributed by atoms with E-state index in [2.05, 4.69) is 14.9 Å². The number of amides is 1. The topological polar surface area (TPSA) is 127 Å². The maximum Gasteiger partial charge on any atom is 0.296 e. The van der Waals surface area contributed by atoms with Crippen LogP contribution in [0.1, 0.15) is 42.4 Å². The first-order valence-corrected chi connectivity index (χ1v) is 16.6. The Kier molecular flexibility index (Phi) is 9.24. The Bertz CT molecular complexity index is 1840. The lowest BCUT2D eigenvalue weighted by Crippen LogP contribution is -2.35. The second-order valence-corrected chi connectivity index (χ2v) is 13.9. The SMILES string of the molecule is COc1c(NC(=O)C(=O)c2ccc(-c3ccc(CN4CCOCC4)nc3)c3ccccc23)cc(C(C)(C)C)cc1NS(C)(=O)=O. The van der Waals surface area contributed by atoms with Crippen molar-refractivity contribution in [2.24, 2.45) is 0 Å². The van der Waals surface area contributed by atoms with Gasteiger partial charge < -0.3 is 14.8 Å². The van der Waals surface area contributed by atoms with Crippen LogP contribution in [-0.2, 0) is 31.5 Å². The number of benzene rings is 3. The number of nitrogens with zero attached hydrogens (tertiary/aromatic N) is 2. The number of pyridine rings is 1. The van der Waals surface area contributed by atoms with Crippen LogP contribution < -0.4 is 14.8 Å². The summed E-state index contributed by atoms with van der Waals surface area (Å²) in [7, 11) is -2.29. The summed E-state index contributed by atoms with van der Waals surface area (Å²) in [6.45, 7) is 9.83.